The maximum Gasteiger partial charge on any atom is 0.335 e. The number of nitrogens with one attached hydrogen (secondary N) is 2. The Kier molecular flexibility index (Phi) is 5.91. The molecule has 2 rings (SSSR count). The normalized spacial score (nSPS) is 9.84. The van der Waals surface area contributed by atoms with Gasteiger partial charge in [-0.3, -0.25) is 10.1 Å². The van der Waals surface area contributed by atoms with Gasteiger partial charge in [-0.1, -0.05) is 0 Å². The summed E-state index contributed by atoms with van der Waals surface area (Å²) >= 11 is 5.10. The van der Waals surface area contributed by atoms with Crippen LogP contribution in [0.15, 0.2) is 42.5 Å². The van der Waals surface area contributed by atoms with Crippen molar-refractivity contribution in [1.82, 2.24) is 5.32 Å². The fourth-order valence-corrected chi connectivity index (χ4v) is 2.18. The molecular formula is C17H16N2O5S. The minimum absolute atomic E-state index is 0.0786. The first-order valence-corrected chi connectivity index (χ1v) is 7.52. The smallest absolute Gasteiger partial charge is 0.335 e. The molecule has 0 unspecified atom stereocenters. The maximum absolute atomic E-state index is 12.3. The molecule has 0 aliphatic heterocycles. The number of carbonyl (C=O) groups is 2. The minimum Gasteiger partial charge on any atom is -0.497 e. The predicted molar refractivity (Wildman–Crippen MR) is 96.6 cm³/mol. The van der Waals surface area contributed by atoms with Gasteiger partial charge in [-0.05, 0) is 48.6 Å². The lowest BCUT2D eigenvalue weighted by molar-refractivity contribution is 0.0696. The molecule has 2 aromatic carbocycles. The third kappa shape index (κ3) is 4.92. The summed E-state index contributed by atoms with van der Waals surface area (Å²) in [6.07, 6.45) is 0. The van der Waals surface area contributed by atoms with Gasteiger partial charge in [0.05, 0.1) is 19.8 Å². The highest BCUT2D eigenvalue weighted by molar-refractivity contribution is 7.80. The molecule has 0 aliphatic carbocycles. The topological polar surface area (TPSA) is 96.9 Å². The SMILES string of the molecule is COc1cc(OC)cc(C(=O)NC(=S)Nc2ccc(C(=O)O)cc2)c1. The van der Waals surface area contributed by atoms with Crippen LogP contribution in [0, 0.1) is 0 Å². The van der Waals surface area contributed by atoms with E-state index in [1.807, 2.05) is 0 Å². The second-order valence-corrected chi connectivity index (χ2v) is 5.30. The van der Waals surface area contributed by atoms with Crippen LogP contribution in [0.25, 0.3) is 0 Å². The lowest BCUT2D eigenvalue weighted by Gasteiger charge is -2.11. The summed E-state index contributed by atoms with van der Waals surface area (Å²) in [6, 6.07) is 10.7. The fourth-order valence-electron chi connectivity index (χ4n) is 1.97. The molecule has 7 nitrogen and oxygen atoms in total. The number of aromatic carboxylic acids is 1. The quantitative estimate of drug-likeness (QED) is 0.705. The second-order valence-electron chi connectivity index (χ2n) is 4.89. The lowest BCUT2D eigenvalue weighted by atomic mass is 10.2. The molecular weight excluding hydrogens is 344 g/mol. The van der Waals surface area contributed by atoms with Crippen LogP contribution in [0.5, 0.6) is 11.5 Å². The van der Waals surface area contributed by atoms with Crippen LogP contribution in [0.2, 0.25) is 0 Å². The highest BCUT2D eigenvalue weighted by Gasteiger charge is 2.12. The molecule has 0 saturated heterocycles. The molecule has 0 bridgehead atoms. The van der Waals surface area contributed by atoms with Crippen molar-refractivity contribution in [3.8, 4) is 11.5 Å². The van der Waals surface area contributed by atoms with E-state index in [-0.39, 0.29) is 10.7 Å². The van der Waals surface area contributed by atoms with E-state index in [4.69, 9.17) is 26.8 Å². The minimum atomic E-state index is -1.02. The molecule has 0 fully saturated rings. The molecule has 0 saturated carbocycles. The van der Waals surface area contributed by atoms with E-state index >= 15 is 0 Å². The van der Waals surface area contributed by atoms with Crippen LogP contribution in [-0.2, 0) is 0 Å². The average molecular weight is 360 g/mol. The highest BCUT2D eigenvalue weighted by atomic mass is 32.1. The summed E-state index contributed by atoms with van der Waals surface area (Å²) in [4.78, 5) is 23.1. The third-order valence-electron chi connectivity index (χ3n) is 3.23. The molecule has 0 aromatic heterocycles. The second kappa shape index (κ2) is 8.11. The Hall–Kier alpha value is -3.13. The van der Waals surface area contributed by atoms with E-state index in [9.17, 15) is 9.59 Å². The zero-order valence-electron chi connectivity index (χ0n) is 13.5. The molecule has 0 spiro atoms. The van der Waals surface area contributed by atoms with Crippen molar-refractivity contribution in [3.63, 3.8) is 0 Å². The van der Waals surface area contributed by atoms with Gasteiger partial charge in [0.25, 0.3) is 5.91 Å². The molecule has 8 heteroatoms. The zero-order chi connectivity index (χ0) is 18.4. The van der Waals surface area contributed by atoms with Gasteiger partial charge in [0.1, 0.15) is 11.5 Å². The Morgan fingerprint density at radius 3 is 2.00 bits per heavy atom. The van der Waals surface area contributed by atoms with Crippen molar-refractivity contribution in [3.05, 3.63) is 53.6 Å². The van der Waals surface area contributed by atoms with E-state index in [1.54, 1.807) is 30.3 Å². The number of ether oxygens (including phenoxy) is 2. The van der Waals surface area contributed by atoms with Gasteiger partial charge in [-0.15, -0.1) is 0 Å². The van der Waals surface area contributed by atoms with Crippen LogP contribution in [0.4, 0.5) is 5.69 Å². The molecule has 3 N–H and O–H groups in total. The average Bonchev–Trinajstić information content (AvgIpc) is 2.61. The molecule has 25 heavy (non-hydrogen) atoms. The van der Waals surface area contributed by atoms with Crippen molar-refractivity contribution >= 4 is 34.9 Å². The lowest BCUT2D eigenvalue weighted by Crippen LogP contribution is -2.34. The van der Waals surface area contributed by atoms with Gasteiger partial charge >= 0.3 is 5.97 Å². The Bertz CT molecular complexity index is 783. The van der Waals surface area contributed by atoms with Gasteiger partial charge in [-0.25, -0.2) is 4.79 Å². The van der Waals surface area contributed by atoms with E-state index in [0.29, 0.717) is 22.7 Å². The third-order valence-corrected chi connectivity index (χ3v) is 3.43. The van der Waals surface area contributed by atoms with Crippen LogP contribution in [-0.4, -0.2) is 36.3 Å². The molecule has 130 valence electrons. The Labute approximate surface area is 149 Å². The monoisotopic (exact) mass is 360 g/mol. The Morgan fingerprint density at radius 2 is 1.52 bits per heavy atom. The number of hydrogen-bond acceptors (Lipinski definition) is 5. The first-order chi connectivity index (χ1) is 11.9. The number of hydrogen-bond donors (Lipinski definition) is 3. The van der Waals surface area contributed by atoms with E-state index < -0.39 is 11.9 Å². The summed E-state index contributed by atoms with van der Waals surface area (Å²) in [5.41, 5.74) is 1.03. The van der Waals surface area contributed by atoms with E-state index in [1.165, 1.54) is 26.4 Å². The number of rotatable bonds is 5. The number of carboxylic acids is 1. The van der Waals surface area contributed by atoms with Gasteiger partial charge in [-0.2, -0.15) is 0 Å². The van der Waals surface area contributed by atoms with Crippen LogP contribution < -0.4 is 20.1 Å². The van der Waals surface area contributed by atoms with Crippen molar-refractivity contribution < 1.29 is 24.2 Å². The van der Waals surface area contributed by atoms with Crippen molar-refractivity contribution in [2.45, 2.75) is 0 Å². The molecule has 2 aromatic rings. The summed E-state index contributed by atoms with van der Waals surface area (Å²) in [6.45, 7) is 0. The van der Waals surface area contributed by atoms with E-state index in [2.05, 4.69) is 10.6 Å². The van der Waals surface area contributed by atoms with Gasteiger partial charge in [0, 0.05) is 17.3 Å². The van der Waals surface area contributed by atoms with Crippen molar-refractivity contribution in [1.29, 1.82) is 0 Å². The molecule has 0 aliphatic rings. The number of carbonyl (C=O) groups excluding carboxylic acids is 1. The predicted octanol–water partition coefficient (Wildman–Crippen LogP) is 2.53. The van der Waals surface area contributed by atoms with Gasteiger partial charge < -0.3 is 19.9 Å². The number of methoxy groups -OCH3 is 2. The summed E-state index contributed by atoms with van der Waals surface area (Å²) in [5, 5.41) is 14.3. The molecule has 0 atom stereocenters. The standard InChI is InChI=1S/C17H16N2O5S/c1-23-13-7-11(8-14(9-13)24-2)15(20)19-17(25)18-12-5-3-10(4-6-12)16(21)22/h3-9H,1-2H3,(H,21,22)(H2,18,19,20,25). The first kappa shape index (κ1) is 18.2. The van der Waals surface area contributed by atoms with Crippen LogP contribution in [0.1, 0.15) is 20.7 Å². The summed E-state index contributed by atoms with van der Waals surface area (Å²) in [5.74, 6) is -0.494. The fraction of sp³-hybridized carbons (Fsp3) is 0.118. The summed E-state index contributed by atoms with van der Waals surface area (Å²) < 4.78 is 10.2. The van der Waals surface area contributed by atoms with E-state index in [0.717, 1.165) is 0 Å². The number of thiocarbonyl (C=S) groups is 1. The van der Waals surface area contributed by atoms with Gasteiger partial charge in [0.15, 0.2) is 5.11 Å². The molecule has 0 radical (unpaired) electrons. The largest absolute Gasteiger partial charge is 0.497 e. The summed E-state index contributed by atoms with van der Waals surface area (Å²) in [7, 11) is 2.98. The highest BCUT2D eigenvalue weighted by Crippen LogP contribution is 2.22. The zero-order valence-corrected chi connectivity index (χ0v) is 14.3. The molecule has 1 amide bonds. The van der Waals surface area contributed by atoms with Crippen molar-refractivity contribution in [2.24, 2.45) is 0 Å². The number of amides is 1. The maximum atomic E-state index is 12.3. The van der Waals surface area contributed by atoms with Crippen molar-refractivity contribution in [2.75, 3.05) is 19.5 Å². The number of anilines is 1. The Balaban J connectivity index is 2.04. The number of carboxylic acid groups (broad SMARTS) is 1. The van der Waals surface area contributed by atoms with Crippen LogP contribution >= 0.6 is 12.2 Å². The Morgan fingerprint density at radius 1 is 0.960 bits per heavy atom. The van der Waals surface area contributed by atoms with Crippen LogP contribution in [0.3, 0.4) is 0 Å². The number of benzene rings is 2. The first-order valence-electron chi connectivity index (χ1n) is 7.11. The van der Waals surface area contributed by atoms with Gasteiger partial charge in [0.2, 0.25) is 0 Å². The molecule has 0 heterocycles.